The minimum absolute atomic E-state index is 0.0539. The molecule has 8 nitrogen and oxygen atoms in total. The minimum atomic E-state index is -1.42. The third kappa shape index (κ3) is 7.80. The van der Waals surface area contributed by atoms with Gasteiger partial charge in [0.2, 0.25) is 5.90 Å². The van der Waals surface area contributed by atoms with Gasteiger partial charge < -0.3 is 19.3 Å². The molecule has 5 rings (SSSR count). The number of amides is 1. The van der Waals surface area contributed by atoms with Crippen molar-refractivity contribution in [3.63, 3.8) is 0 Å². The number of benzene rings is 4. The number of carbonyl (C=O) groups excluding carboxylic acids is 1. The Morgan fingerprint density at radius 1 is 1.00 bits per heavy atom. The highest BCUT2D eigenvalue weighted by molar-refractivity contribution is 9.10. The maximum Gasteiger partial charge on any atom is 0.266 e. The van der Waals surface area contributed by atoms with Crippen molar-refractivity contribution >= 4 is 50.9 Å². The first-order valence-electron chi connectivity index (χ1n) is 14.3. The summed E-state index contributed by atoms with van der Waals surface area (Å²) < 4.78 is 18.7. The molecule has 234 valence electrons. The Kier molecular flexibility index (Phi) is 11.0. The molecule has 0 saturated carbocycles. The summed E-state index contributed by atoms with van der Waals surface area (Å²) in [4.78, 5) is 19.5. The van der Waals surface area contributed by atoms with Crippen LogP contribution in [0.5, 0.6) is 11.5 Å². The second-order valence-electron chi connectivity index (χ2n) is 10.4. The Morgan fingerprint density at radius 3 is 2.53 bits per heavy atom. The molecular weight excluding hydrogens is 681 g/mol. The number of hydrogen-bond acceptors (Lipinski definition) is 7. The van der Waals surface area contributed by atoms with Gasteiger partial charge in [-0.15, -0.1) is 0 Å². The molecule has 3 N–H and O–H groups in total. The second-order valence-corrected chi connectivity index (χ2v) is 12.1. The Morgan fingerprint density at radius 2 is 1.80 bits per heavy atom. The summed E-state index contributed by atoms with van der Waals surface area (Å²) in [5.74, 6) is 1.21. The molecule has 4 aromatic rings. The zero-order valence-corrected chi connectivity index (χ0v) is 27.5. The van der Waals surface area contributed by atoms with Crippen molar-refractivity contribution in [1.29, 1.82) is 0 Å². The van der Waals surface area contributed by atoms with E-state index in [4.69, 9.17) is 47.5 Å². The van der Waals surface area contributed by atoms with Crippen LogP contribution in [0.1, 0.15) is 34.8 Å². The topological polar surface area (TPSA) is 101 Å². The standard InChI is InChI=1S/C34H32BrCl2N3O5/c1-43-27-8-4-7-24(19-27)31-34(20-25-6-2-3-9-28(25)35,33(42)40-38-21-22-10-15-29(36)30(37)18-22)39-32(45-31)23-11-13-26(14-12-23)44-17-5-16-41/h2-4,6-15,18-19,31,38,41H,5,16-17,20-21H2,1H3,(H,40,42)/t31-,34-/m0/s1. The molecule has 0 unspecified atom stereocenters. The fourth-order valence-electron chi connectivity index (χ4n) is 5.00. The van der Waals surface area contributed by atoms with Gasteiger partial charge in [-0.1, -0.05) is 75.5 Å². The zero-order chi connectivity index (χ0) is 31.8. The number of ether oxygens (including phenoxy) is 3. The number of hydrazine groups is 1. The van der Waals surface area contributed by atoms with E-state index >= 15 is 0 Å². The molecule has 0 bridgehead atoms. The van der Waals surface area contributed by atoms with Gasteiger partial charge in [-0.05, 0) is 71.3 Å². The van der Waals surface area contributed by atoms with Crippen LogP contribution in [-0.2, 0) is 22.5 Å². The summed E-state index contributed by atoms with van der Waals surface area (Å²) in [6, 6.07) is 27.8. The molecule has 0 aromatic heterocycles. The summed E-state index contributed by atoms with van der Waals surface area (Å²) in [5, 5.41) is 9.94. The van der Waals surface area contributed by atoms with Crippen LogP contribution >= 0.6 is 39.1 Å². The molecule has 1 amide bonds. The summed E-state index contributed by atoms with van der Waals surface area (Å²) in [6.45, 7) is 0.751. The number of carbonyl (C=O) groups is 1. The van der Waals surface area contributed by atoms with Crippen molar-refractivity contribution < 1.29 is 24.1 Å². The van der Waals surface area contributed by atoms with Gasteiger partial charge in [-0.25, -0.2) is 10.4 Å². The van der Waals surface area contributed by atoms with E-state index in [1.165, 1.54) is 0 Å². The van der Waals surface area contributed by atoms with Crippen LogP contribution in [0.15, 0.2) is 100 Å². The molecular formula is C34H32BrCl2N3O5. The van der Waals surface area contributed by atoms with Crippen LogP contribution in [0, 0.1) is 0 Å². The maximum absolute atomic E-state index is 14.4. The lowest BCUT2D eigenvalue weighted by Crippen LogP contribution is -2.53. The third-order valence-corrected chi connectivity index (χ3v) is 8.84. The Labute approximate surface area is 280 Å². The highest BCUT2D eigenvalue weighted by Crippen LogP contribution is 2.44. The van der Waals surface area contributed by atoms with Crippen molar-refractivity contribution in [3.05, 3.63) is 128 Å². The van der Waals surface area contributed by atoms with E-state index in [1.807, 2.05) is 78.9 Å². The Hall–Kier alpha value is -3.60. The average molecular weight is 713 g/mol. The number of methoxy groups -OCH3 is 1. The van der Waals surface area contributed by atoms with Crippen LogP contribution in [0.25, 0.3) is 0 Å². The quantitative estimate of drug-likeness (QED) is 0.104. The first kappa shape index (κ1) is 32.8. The van der Waals surface area contributed by atoms with Gasteiger partial charge in [0, 0.05) is 36.0 Å². The molecule has 11 heteroatoms. The lowest BCUT2D eigenvalue weighted by molar-refractivity contribution is -0.130. The molecule has 1 aliphatic heterocycles. The number of aliphatic hydroxyl groups excluding tert-OH is 1. The molecule has 0 fully saturated rings. The van der Waals surface area contributed by atoms with E-state index in [-0.39, 0.29) is 18.9 Å². The largest absolute Gasteiger partial charge is 0.497 e. The summed E-state index contributed by atoms with van der Waals surface area (Å²) in [6.07, 6.45) is -0.0458. The van der Waals surface area contributed by atoms with E-state index in [1.54, 1.807) is 19.2 Å². The van der Waals surface area contributed by atoms with Crippen molar-refractivity contribution in [2.45, 2.75) is 31.0 Å². The zero-order valence-electron chi connectivity index (χ0n) is 24.4. The van der Waals surface area contributed by atoms with Gasteiger partial charge in [0.15, 0.2) is 11.6 Å². The lowest BCUT2D eigenvalue weighted by atomic mass is 9.82. The monoisotopic (exact) mass is 711 g/mol. The number of nitrogens with zero attached hydrogens (tertiary/aromatic N) is 1. The normalized spacial score (nSPS) is 17.4. The summed E-state index contributed by atoms with van der Waals surface area (Å²) in [5.41, 5.74) is 7.62. The van der Waals surface area contributed by atoms with Crippen LogP contribution in [0.3, 0.4) is 0 Å². The molecule has 1 heterocycles. The van der Waals surface area contributed by atoms with Crippen LogP contribution in [0.4, 0.5) is 0 Å². The molecule has 0 saturated heterocycles. The van der Waals surface area contributed by atoms with Gasteiger partial charge in [0.1, 0.15) is 11.5 Å². The number of halogens is 3. The molecule has 4 aromatic carbocycles. The fourth-order valence-corrected chi connectivity index (χ4v) is 5.75. The fraction of sp³-hybridized carbons (Fsp3) is 0.235. The van der Waals surface area contributed by atoms with Crippen molar-refractivity contribution in [1.82, 2.24) is 10.9 Å². The van der Waals surface area contributed by atoms with Crippen LogP contribution in [0.2, 0.25) is 10.0 Å². The smallest absolute Gasteiger partial charge is 0.266 e. The van der Waals surface area contributed by atoms with E-state index in [2.05, 4.69) is 26.8 Å². The Bertz CT molecular complexity index is 1670. The molecule has 0 aliphatic carbocycles. The SMILES string of the molecule is COc1cccc([C@@H]2OC(c3ccc(OCCCO)cc3)=N[C@]2(Cc2ccccc2Br)C(=O)NNCc2ccc(Cl)c(Cl)c2)c1. The molecule has 1 aliphatic rings. The number of rotatable bonds is 13. The van der Waals surface area contributed by atoms with Gasteiger partial charge in [0.05, 0.1) is 23.8 Å². The van der Waals surface area contributed by atoms with Gasteiger partial charge >= 0.3 is 0 Å². The summed E-state index contributed by atoms with van der Waals surface area (Å²) >= 11 is 15.9. The number of hydrogen-bond donors (Lipinski definition) is 3. The van der Waals surface area contributed by atoms with Crippen molar-refractivity contribution in [3.8, 4) is 11.5 Å². The molecule has 45 heavy (non-hydrogen) atoms. The van der Waals surface area contributed by atoms with Crippen LogP contribution < -0.4 is 20.3 Å². The average Bonchev–Trinajstić information content (AvgIpc) is 3.45. The van der Waals surface area contributed by atoms with Crippen molar-refractivity contribution in [2.75, 3.05) is 20.3 Å². The van der Waals surface area contributed by atoms with Crippen molar-refractivity contribution in [2.24, 2.45) is 4.99 Å². The number of aliphatic hydroxyl groups is 1. The first-order chi connectivity index (χ1) is 21.8. The predicted molar refractivity (Wildman–Crippen MR) is 179 cm³/mol. The lowest BCUT2D eigenvalue weighted by Gasteiger charge is -2.31. The van der Waals surface area contributed by atoms with Gasteiger partial charge in [0.25, 0.3) is 5.91 Å². The minimum Gasteiger partial charge on any atom is -0.497 e. The number of nitrogens with one attached hydrogen (secondary N) is 2. The van der Waals surface area contributed by atoms with Crippen LogP contribution in [-0.4, -0.2) is 42.8 Å². The molecule has 0 radical (unpaired) electrons. The van der Waals surface area contributed by atoms with E-state index in [0.29, 0.717) is 52.6 Å². The number of aliphatic imine (C=N–C) groups is 1. The summed E-state index contributed by atoms with van der Waals surface area (Å²) in [7, 11) is 1.59. The second kappa shape index (κ2) is 15.1. The maximum atomic E-state index is 14.4. The van der Waals surface area contributed by atoms with Gasteiger partial charge in [-0.2, -0.15) is 0 Å². The van der Waals surface area contributed by atoms with E-state index in [0.717, 1.165) is 21.2 Å². The molecule has 0 spiro atoms. The first-order valence-corrected chi connectivity index (χ1v) is 15.8. The Balaban J connectivity index is 1.53. The predicted octanol–water partition coefficient (Wildman–Crippen LogP) is 6.85. The highest BCUT2D eigenvalue weighted by atomic mass is 79.9. The highest BCUT2D eigenvalue weighted by Gasteiger charge is 2.53. The van der Waals surface area contributed by atoms with E-state index in [9.17, 15) is 4.79 Å². The molecule has 2 atom stereocenters. The van der Waals surface area contributed by atoms with E-state index < -0.39 is 11.6 Å². The third-order valence-electron chi connectivity index (χ3n) is 7.32. The van der Waals surface area contributed by atoms with Gasteiger partial charge in [-0.3, -0.25) is 10.2 Å².